The molecule has 4 atom stereocenters. The van der Waals surface area contributed by atoms with E-state index in [4.69, 9.17) is 21.9 Å². The Morgan fingerprint density at radius 1 is 1.24 bits per heavy atom. The number of carbonyl (C=O) groups is 1. The molecule has 156 valence electrons. The third-order valence-electron chi connectivity index (χ3n) is 5.73. The summed E-state index contributed by atoms with van der Waals surface area (Å²) in [6.07, 6.45) is -1.10. The van der Waals surface area contributed by atoms with Gasteiger partial charge in [0.1, 0.15) is 24.3 Å². The van der Waals surface area contributed by atoms with E-state index in [0.717, 1.165) is 0 Å². The fraction of sp³-hybridized carbons (Fsp3) is 0.471. The van der Waals surface area contributed by atoms with Gasteiger partial charge in [-0.25, -0.2) is 14.8 Å². The van der Waals surface area contributed by atoms with Crippen LogP contribution < -0.4 is 22.5 Å². The molecule has 1 amide bonds. The van der Waals surface area contributed by atoms with Crippen LogP contribution in [0.5, 0.6) is 0 Å². The number of amides is 1. The number of nitrogens with two attached hydrogens (primary N) is 3. The molecule has 0 radical (unpaired) electrons. The second-order valence-electron chi connectivity index (χ2n) is 7.49. The largest absolute Gasteiger partial charge is 0.447 e. The summed E-state index contributed by atoms with van der Waals surface area (Å²) >= 11 is 0. The summed E-state index contributed by atoms with van der Waals surface area (Å²) in [5.41, 5.74) is 13.8. The van der Waals surface area contributed by atoms with Crippen molar-refractivity contribution in [2.75, 3.05) is 13.2 Å². The van der Waals surface area contributed by atoms with Crippen molar-refractivity contribution in [3.8, 4) is 0 Å². The average Bonchev–Trinajstić information content (AvgIpc) is 3.09. The van der Waals surface area contributed by atoms with Gasteiger partial charge in [0.05, 0.1) is 6.54 Å². The van der Waals surface area contributed by atoms with Gasteiger partial charge in [0, 0.05) is 6.42 Å². The van der Waals surface area contributed by atoms with E-state index >= 15 is 0 Å². The number of nitrogens with one attached hydrogen (secondary N) is 1. The van der Waals surface area contributed by atoms with Crippen molar-refractivity contribution in [3.63, 3.8) is 0 Å². The number of rotatable bonds is 4. The summed E-state index contributed by atoms with van der Waals surface area (Å²) in [6, 6.07) is 6.97. The third-order valence-corrected chi connectivity index (χ3v) is 5.73. The summed E-state index contributed by atoms with van der Waals surface area (Å²) in [5, 5.41) is 36.7. The van der Waals surface area contributed by atoms with Gasteiger partial charge in [-0.15, -0.1) is 0 Å². The number of ether oxygens (including phenoxy) is 1. The number of aliphatic imine (C=N–C) groups is 2. The molecular formula is C17H23N7O5. The number of carbonyl (C=O) groups excluding carboxylic acids is 1. The van der Waals surface area contributed by atoms with Crippen LogP contribution in [0.1, 0.15) is 5.56 Å². The van der Waals surface area contributed by atoms with Crippen LogP contribution >= 0.6 is 0 Å². The summed E-state index contributed by atoms with van der Waals surface area (Å²) in [7, 11) is 0. The second-order valence-corrected chi connectivity index (χ2v) is 7.49. The number of guanidine groups is 2. The molecule has 1 saturated heterocycles. The van der Waals surface area contributed by atoms with Crippen molar-refractivity contribution in [3.05, 3.63) is 35.9 Å². The Bertz CT molecular complexity index is 891. The Hall–Kier alpha value is -3.09. The lowest BCUT2D eigenvalue weighted by molar-refractivity contribution is -0.292. The summed E-state index contributed by atoms with van der Waals surface area (Å²) in [6.45, 7) is -0.554. The van der Waals surface area contributed by atoms with Gasteiger partial charge in [-0.3, -0.25) is 0 Å². The second kappa shape index (κ2) is 6.20. The maximum Gasteiger partial charge on any atom is 0.404 e. The number of nitrogens with zero attached hydrogens (tertiary/aromatic N) is 3. The minimum absolute atomic E-state index is 0.0802. The number of hydrogen-bond donors (Lipinski definition) is 7. The van der Waals surface area contributed by atoms with E-state index in [1.54, 1.807) is 24.3 Å². The minimum atomic E-state index is -2.75. The number of hydrogen-bond acceptors (Lipinski definition) is 11. The number of primary amides is 1. The Labute approximate surface area is 165 Å². The van der Waals surface area contributed by atoms with Gasteiger partial charge < -0.3 is 47.5 Å². The maximum atomic E-state index is 11.4. The molecule has 3 aliphatic heterocycles. The molecule has 3 aliphatic rings. The van der Waals surface area contributed by atoms with Crippen LogP contribution in [0.4, 0.5) is 4.79 Å². The van der Waals surface area contributed by atoms with E-state index < -0.39 is 35.2 Å². The highest BCUT2D eigenvalue weighted by Gasteiger charge is 2.78. The maximum absolute atomic E-state index is 11.4. The van der Waals surface area contributed by atoms with Crippen molar-refractivity contribution in [1.29, 1.82) is 0 Å². The molecular weight excluding hydrogens is 382 g/mol. The Kier molecular flexibility index (Phi) is 4.12. The molecule has 29 heavy (non-hydrogen) atoms. The first kappa shape index (κ1) is 19.2. The molecule has 1 aromatic rings. The van der Waals surface area contributed by atoms with Crippen LogP contribution in [0, 0.1) is 0 Å². The van der Waals surface area contributed by atoms with E-state index in [-0.39, 0.29) is 31.5 Å². The Morgan fingerprint density at radius 2 is 1.93 bits per heavy atom. The van der Waals surface area contributed by atoms with Gasteiger partial charge in [-0.2, -0.15) is 0 Å². The van der Waals surface area contributed by atoms with Crippen molar-refractivity contribution in [2.45, 2.75) is 35.6 Å². The van der Waals surface area contributed by atoms with Crippen LogP contribution in [-0.4, -0.2) is 80.5 Å². The minimum Gasteiger partial charge on any atom is -0.447 e. The molecule has 0 aliphatic carbocycles. The molecule has 12 nitrogen and oxygen atoms in total. The van der Waals surface area contributed by atoms with Gasteiger partial charge in [0.2, 0.25) is 5.79 Å². The molecule has 1 spiro atoms. The normalized spacial score (nSPS) is 34.5. The van der Waals surface area contributed by atoms with Crippen LogP contribution in [0.2, 0.25) is 0 Å². The zero-order valence-corrected chi connectivity index (χ0v) is 15.4. The van der Waals surface area contributed by atoms with Crippen LogP contribution in [0.25, 0.3) is 0 Å². The first-order valence-corrected chi connectivity index (χ1v) is 8.96. The molecule has 1 aromatic carbocycles. The van der Waals surface area contributed by atoms with Crippen molar-refractivity contribution >= 4 is 18.0 Å². The van der Waals surface area contributed by atoms with Gasteiger partial charge in [0.25, 0.3) is 0 Å². The monoisotopic (exact) mass is 405 g/mol. The smallest absolute Gasteiger partial charge is 0.404 e. The Balaban J connectivity index is 1.76. The fourth-order valence-electron chi connectivity index (χ4n) is 4.45. The molecule has 0 unspecified atom stereocenters. The zero-order valence-electron chi connectivity index (χ0n) is 15.4. The molecule has 3 heterocycles. The highest BCUT2D eigenvalue weighted by Crippen LogP contribution is 2.50. The molecule has 0 aromatic heterocycles. The van der Waals surface area contributed by atoms with E-state index in [1.165, 1.54) is 4.90 Å². The van der Waals surface area contributed by atoms with Crippen LogP contribution in [-0.2, 0) is 11.2 Å². The predicted molar refractivity (Wildman–Crippen MR) is 101 cm³/mol. The lowest BCUT2D eigenvalue weighted by Gasteiger charge is -2.49. The lowest BCUT2D eigenvalue weighted by atomic mass is 9.78. The molecule has 12 heteroatoms. The van der Waals surface area contributed by atoms with Crippen LogP contribution in [0.15, 0.2) is 40.3 Å². The van der Waals surface area contributed by atoms with Crippen molar-refractivity contribution < 1.29 is 24.9 Å². The predicted octanol–water partition coefficient (Wildman–Crippen LogP) is -3.27. The lowest BCUT2D eigenvalue weighted by Crippen LogP contribution is -2.78. The summed E-state index contributed by atoms with van der Waals surface area (Å²) < 4.78 is 4.83. The van der Waals surface area contributed by atoms with E-state index in [0.29, 0.717) is 5.56 Å². The molecule has 0 saturated carbocycles. The summed E-state index contributed by atoms with van der Waals surface area (Å²) in [5.74, 6) is -2.94. The van der Waals surface area contributed by atoms with Gasteiger partial charge in [-0.1, -0.05) is 30.3 Å². The quantitative estimate of drug-likeness (QED) is 0.251. The number of aliphatic hydroxyl groups is 3. The van der Waals surface area contributed by atoms with E-state index in [9.17, 15) is 20.1 Å². The highest BCUT2D eigenvalue weighted by molar-refractivity contribution is 5.87. The highest BCUT2D eigenvalue weighted by atomic mass is 16.5. The molecule has 0 bridgehead atoms. The first-order valence-electron chi connectivity index (χ1n) is 8.96. The van der Waals surface area contributed by atoms with Gasteiger partial charge in [-0.05, 0) is 5.56 Å². The van der Waals surface area contributed by atoms with E-state index in [2.05, 4.69) is 15.3 Å². The van der Waals surface area contributed by atoms with Gasteiger partial charge >= 0.3 is 6.09 Å². The van der Waals surface area contributed by atoms with Crippen molar-refractivity contribution in [2.24, 2.45) is 27.2 Å². The number of benzene rings is 1. The molecule has 10 N–H and O–H groups in total. The zero-order chi connectivity index (χ0) is 21.0. The first-order chi connectivity index (χ1) is 13.6. The SMILES string of the molecule is NC(=O)OC[C@@H]1N=C(N)N2C[C@@](O)(Cc3ccccc3)C(O)(O)[C@@]23NC(N)=N[C@@H]13. The average molecular weight is 405 g/mol. The topological polar surface area (TPSA) is 205 Å². The summed E-state index contributed by atoms with van der Waals surface area (Å²) in [4.78, 5) is 20.9. The molecule has 4 rings (SSSR count). The van der Waals surface area contributed by atoms with Crippen molar-refractivity contribution in [1.82, 2.24) is 10.2 Å². The standard InChI is InChI=1S/C17H23N7O5/c18-12-22-11-10(7-29-14(20)25)21-13(19)24-8-15(26,6-9-4-2-1-3-5-9)17(27,28)16(11,24)23-12/h1-5,10-11,26-28H,6-8H2,(H2,19,21)(H2,20,25)(H3,18,22,23)/t10-,11-,15-,16-/m0/s1. The van der Waals surface area contributed by atoms with Gasteiger partial charge in [0.15, 0.2) is 17.6 Å². The third kappa shape index (κ3) is 2.60. The van der Waals surface area contributed by atoms with E-state index in [1.807, 2.05) is 6.07 Å². The Morgan fingerprint density at radius 3 is 2.59 bits per heavy atom. The van der Waals surface area contributed by atoms with Crippen LogP contribution in [0.3, 0.4) is 0 Å². The fourth-order valence-corrected chi connectivity index (χ4v) is 4.45. The molecule has 1 fully saturated rings.